The molecular formula is C18H13N3O2. The number of benzene rings is 2. The molecule has 0 aliphatic rings. The molecule has 5 heteroatoms. The van der Waals surface area contributed by atoms with Gasteiger partial charge in [0.2, 0.25) is 0 Å². The van der Waals surface area contributed by atoms with Gasteiger partial charge in [-0.15, -0.1) is 0 Å². The SMILES string of the molecule is Cn1nc(-c2ccccc2Oc2ccccc2C#N)ccc1=O. The summed E-state index contributed by atoms with van der Waals surface area (Å²) in [7, 11) is 1.60. The zero-order chi connectivity index (χ0) is 16.2. The number of rotatable bonds is 3. The average Bonchev–Trinajstić information content (AvgIpc) is 2.58. The summed E-state index contributed by atoms with van der Waals surface area (Å²) in [5, 5.41) is 13.4. The average molecular weight is 303 g/mol. The number of para-hydroxylation sites is 2. The van der Waals surface area contributed by atoms with Gasteiger partial charge in [0.05, 0.1) is 11.3 Å². The molecule has 0 fully saturated rings. The number of hydrogen-bond donors (Lipinski definition) is 0. The normalized spacial score (nSPS) is 10.1. The highest BCUT2D eigenvalue weighted by atomic mass is 16.5. The molecule has 23 heavy (non-hydrogen) atoms. The minimum atomic E-state index is -0.179. The summed E-state index contributed by atoms with van der Waals surface area (Å²) in [6.45, 7) is 0. The van der Waals surface area contributed by atoms with E-state index >= 15 is 0 Å². The third-order valence-electron chi connectivity index (χ3n) is 3.35. The first-order valence-electron chi connectivity index (χ1n) is 7.00. The first kappa shape index (κ1) is 14.5. The molecule has 1 aromatic heterocycles. The van der Waals surface area contributed by atoms with Crippen molar-refractivity contribution in [1.82, 2.24) is 9.78 Å². The van der Waals surface area contributed by atoms with Gasteiger partial charge >= 0.3 is 0 Å². The first-order valence-corrected chi connectivity index (χ1v) is 7.00. The van der Waals surface area contributed by atoms with E-state index in [2.05, 4.69) is 11.2 Å². The van der Waals surface area contributed by atoms with Crippen LogP contribution in [0.2, 0.25) is 0 Å². The summed E-state index contributed by atoms with van der Waals surface area (Å²) in [5.74, 6) is 1.05. The lowest BCUT2D eigenvalue weighted by molar-refractivity contribution is 0.482. The van der Waals surface area contributed by atoms with Gasteiger partial charge in [-0.05, 0) is 30.3 Å². The highest BCUT2D eigenvalue weighted by Crippen LogP contribution is 2.32. The highest BCUT2D eigenvalue weighted by Gasteiger charge is 2.11. The Kier molecular flexibility index (Phi) is 3.89. The lowest BCUT2D eigenvalue weighted by atomic mass is 10.1. The Morgan fingerprint density at radius 1 is 1.00 bits per heavy atom. The van der Waals surface area contributed by atoms with Crippen LogP contribution in [0, 0.1) is 11.3 Å². The molecule has 112 valence electrons. The lowest BCUT2D eigenvalue weighted by Crippen LogP contribution is -2.18. The summed E-state index contributed by atoms with van der Waals surface area (Å²) in [6, 6.07) is 19.6. The van der Waals surface area contributed by atoms with E-state index < -0.39 is 0 Å². The van der Waals surface area contributed by atoms with E-state index in [9.17, 15) is 4.79 Å². The van der Waals surface area contributed by atoms with Crippen molar-refractivity contribution in [3.63, 3.8) is 0 Å². The van der Waals surface area contributed by atoms with Gasteiger partial charge in [-0.1, -0.05) is 24.3 Å². The smallest absolute Gasteiger partial charge is 0.266 e. The fourth-order valence-electron chi connectivity index (χ4n) is 2.18. The van der Waals surface area contributed by atoms with Gasteiger partial charge in [-0.2, -0.15) is 10.4 Å². The van der Waals surface area contributed by atoms with Crippen molar-refractivity contribution in [3.8, 4) is 28.8 Å². The molecule has 2 aromatic carbocycles. The van der Waals surface area contributed by atoms with E-state index in [1.807, 2.05) is 24.3 Å². The van der Waals surface area contributed by atoms with Crippen LogP contribution in [0.1, 0.15) is 5.56 Å². The topological polar surface area (TPSA) is 67.9 Å². The molecule has 0 N–H and O–H groups in total. The molecule has 0 atom stereocenters. The standard InChI is InChI=1S/C18H13N3O2/c1-21-18(22)11-10-15(20-21)14-7-3-5-9-17(14)23-16-8-4-2-6-13(16)12-19/h2-11H,1H3. The second-order valence-corrected chi connectivity index (χ2v) is 4.89. The van der Waals surface area contributed by atoms with Crippen LogP contribution in [0.4, 0.5) is 0 Å². The van der Waals surface area contributed by atoms with Crippen LogP contribution >= 0.6 is 0 Å². The van der Waals surface area contributed by atoms with Crippen molar-refractivity contribution in [3.05, 3.63) is 76.6 Å². The van der Waals surface area contributed by atoms with Gasteiger partial charge in [0.1, 0.15) is 17.6 Å². The number of nitrogens with zero attached hydrogens (tertiary/aromatic N) is 3. The Morgan fingerprint density at radius 2 is 1.70 bits per heavy atom. The molecule has 3 rings (SSSR count). The largest absolute Gasteiger partial charge is 0.455 e. The summed E-state index contributed by atoms with van der Waals surface area (Å²) in [4.78, 5) is 11.5. The predicted octanol–water partition coefficient (Wildman–Crippen LogP) is 3.11. The molecule has 0 aliphatic carbocycles. The zero-order valence-corrected chi connectivity index (χ0v) is 12.4. The van der Waals surface area contributed by atoms with Crippen molar-refractivity contribution in [1.29, 1.82) is 5.26 Å². The minimum Gasteiger partial charge on any atom is -0.455 e. The van der Waals surface area contributed by atoms with Crippen LogP contribution in [-0.4, -0.2) is 9.78 Å². The summed E-state index contributed by atoms with van der Waals surface area (Å²) in [6.07, 6.45) is 0. The van der Waals surface area contributed by atoms with Gasteiger partial charge in [0.15, 0.2) is 0 Å². The van der Waals surface area contributed by atoms with Crippen LogP contribution in [0.25, 0.3) is 11.3 Å². The van der Waals surface area contributed by atoms with E-state index in [0.29, 0.717) is 22.8 Å². The Hall–Kier alpha value is -3.39. The van der Waals surface area contributed by atoms with E-state index in [-0.39, 0.29) is 5.56 Å². The Balaban J connectivity index is 2.06. The minimum absolute atomic E-state index is 0.179. The molecule has 0 spiro atoms. The Bertz CT molecular complexity index is 955. The van der Waals surface area contributed by atoms with E-state index in [0.717, 1.165) is 5.56 Å². The molecule has 0 unspecified atom stereocenters. The number of aryl methyl sites for hydroxylation is 1. The van der Waals surface area contributed by atoms with Crippen molar-refractivity contribution >= 4 is 0 Å². The molecular weight excluding hydrogens is 290 g/mol. The van der Waals surface area contributed by atoms with Crippen molar-refractivity contribution in [2.45, 2.75) is 0 Å². The predicted molar refractivity (Wildman–Crippen MR) is 86.1 cm³/mol. The molecule has 0 radical (unpaired) electrons. The lowest BCUT2D eigenvalue weighted by Gasteiger charge is -2.12. The summed E-state index contributed by atoms with van der Waals surface area (Å²) in [5.41, 5.74) is 1.64. The van der Waals surface area contributed by atoms with Gasteiger partial charge in [0, 0.05) is 18.7 Å². The number of ether oxygens (including phenoxy) is 1. The molecule has 0 bridgehead atoms. The third kappa shape index (κ3) is 2.97. The van der Waals surface area contributed by atoms with Crippen LogP contribution in [0.5, 0.6) is 11.5 Å². The monoisotopic (exact) mass is 303 g/mol. The number of aromatic nitrogens is 2. The van der Waals surface area contributed by atoms with Gasteiger partial charge < -0.3 is 4.74 Å². The number of hydrogen-bond acceptors (Lipinski definition) is 4. The first-order chi connectivity index (χ1) is 11.2. The third-order valence-corrected chi connectivity index (χ3v) is 3.35. The second kappa shape index (κ2) is 6.16. The maximum absolute atomic E-state index is 11.5. The molecule has 3 aromatic rings. The van der Waals surface area contributed by atoms with E-state index in [1.54, 1.807) is 37.4 Å². The van der Waals surface area contributed by atoms with Crippen LogP contribution < -0.4 is 10.3 Å². The van der Waals surface area contributed by atoms with Crippen molar-refractivity contribution < 1.29 is 4.74 Å². The van der Waals surface area contributed by atoms with Crippen molar-refractivity contribution in [2.24, 2.45) is 7.05 Å². The molecule has 1 heterocycles. The van der Waals surface area contributed by atoms with Gasteiger partial charge in [-0.3, -0.25) is 4.79 Å². The molecule has 5 nitrogen and oxygen atoms in total. The van der Waals surface area contributed by atoms with Crippen LogP contribution in [0.3, 0.4) is 0 Å². The molecule has 0 saturated carbocycles. The molecule has 0 amide bonds. The maximum Gasteiger partial charge on any atom is 0.266 e. The fraction of sp³-hybridized carbons (Fsp3) is 0.0556. The highest BCUT2D eigenvalue weighted by molar-refractivity contribution is 5.67. The quantitative estimate of drug-likeness (QED) is 0.745. The Morgan fingerprint density at radius 3 is 2.43 bits per heavy atom. The van der Waals surface area contributed by atoms with Crippen molar-refractivity contribution in [2.75, 3.05) is 0 Å². The number of nitriles is 1. The summed E-state index contributed by atoms with van der Waals surface area (Å²) < 4.78 is 7.18. The maximum atomic E-state index is 11.5. The van der Waals surface area contributed by atoms with E-state index in [1.165, 1.54) is 10.7 Å². The van der Waals surface area contributed by atoms with Crippen LogP contribution in [0.15, 0.2) is 65.5 Å². The Labute approximate surface area is 133 Å². The second-order valence-electron chi connectivity index (χ2n) is 4.89. The fourth-order valence-corrected chi connectivity index (χ4v) is 2.18. The van der Waals surface area contributed by atoms with E-state index in [4.69, 9.17) is 10.00 Å². The van der Waals surface area contributed by atoms with Crippen LogP contribution in [-0.2, 0) is 7.05 Å². The molecule has 0 aliphatic heterocycles. The zero-order valence-electron chi connectivity index (χ0n) is 12.4. The van der Waals surface area contributed by atoms with Gasteiger partial charge in [-0.25, -0.2) is 4.68 Å². The summed E-state index contributed by atoms with van der Waals surface area (Å²) >= 11 is 0. The molecule has 0 saturated heterocycles. The van der Waals surface area contributed by atoms with Gasteiger partial charge in [0.25, 0.3) is 5.56 Å².